The van der Waals surface area contributed by atoms with Gasteiger partial charge in [-0.3, -0.25) is 10.1 Å². The van der Waals surface area contributed by atoms with Crippen molar-refractivity contribution < 1.29 is 0 Å². The fourth-order valence-corrected chi connectivity index (χ4v) is 2.67. The molecule has 0 saturated heterocycles. The molecule has 0 atom stereocenters. The maximum atomic E-state index is 4.38. The van der Waals surface area contributed by atoms with Crippen LogP contribution in [0.15, 0.2) is 53.7 Å². The third-order valence-electron chi connectivity index (χ3n) is 3.86. The number of hydrogen-bond acceptors (Lipinski definition) is 2. The molecule has 0 unspecified atom stereocenters. The number of benzene rings is 1. The lowest BCUT2D eigenvalue weighted by Crippen LogP contribution is -2.43. The minimum absolute atomic E-state index is 0. The second kappa shape index (κ2) is 8.71. The lowest BCUT2D eigenvalue weighted by Gasteiger charge is -2.29. The number of guanidine groups is 1. The van der Waals surface area contributed by atoms with Crippen LogP contribution in [0.3, 0.4) is 0 Å². The van der Waals surface area contributed by atoms with Crippen molar-refractivity contribution in [3.8, 4) is 0 Å². The maximum absolute atomic E-state index is 4.38. The number of aromatic nitrogens is 2. The van der Waals surface area contributed by atoms with E-state index in [9.17, 15) is 0 Å². The van der Waals surface area contributed by atoms with Crippen molar-refractivity contribution in [1.29, 1.82) is 0 Å². The Bertz CT molecular complexity index is 649. The van der Waals surface area contributed by atoms with E-state index in [0.717, 1.165) is 31.2 Å². The summed E-state index contributed by atoms with van der Waals surface area (Å²) in [5, 5.41) is 10.3. The minimum atomic E-state index is 0. The average Bonchev–Trinajstić information content (AvgIpc) is 3.10. The highest BCUT2D eigenvalue weighted by atomic mass is 127. The molecule has 6 heteroatoms. The summed E-state index contributed by atoms with van der Waals surface area (Å²) in [5.74, 6) is 0.929. The highest BCUT2D eigenvalue weighted by Crippen LogP contribution is 2.21. The molecule has 0 aliphatic carbocycles. The topological polar surface area (TPSA) is 56.3 Å². The Balaban J connectivity index is 0.00000192. The molecule has 1 aromatic heterocycles. The Morgan fingerprint density at radius 1 is 1.30 bits per heavy atom. The van der Waals surface area contributed by atoms with Gasteiger partial charge in [0.25, 0.3) is 0 Å². The van der Waals surface area contributed by atoms with Crippen LogP contribution < -0.4 is 5.32 Å². The smallest absolute Gasteiger partial charge is 0.194 e. The molecule has 0 radical (unpaired) electrons. The van der Waals surface area contributed by atoms with Crippen LogP contribution in [0.2, 0.25) is 0 Å². The van der Waals surface area contributed by atoms with Crippen molar-refractivity contribution in [1.82, 2.24) is 20.4 Å². The van der Waals surface area contributed by atoms with Gasteiger partial charge in [-0.05, 0) is 23.6 Å². The van der Waals surface area contributed by atoms with Gasteiger partial charge in [0.2, 0.25) is 0 Å². The molecule has 0 fully saturated rings. The van der Waals surface area contributed by atoms with Gasteiger partial charge in [-0.1, -0.05) is 36.4 Å². The van der Waals surface area contributed by atoms with Crippen molar-refractivity contribution in [3.05, 3.63) is 59.9 Å². The molecule has 2 aromatic rings. The number of hydrogen-bond donors (Lipinski definition) is 2. The summed E-state index contributed by atoms with van der Waals surface area (Å²) >= 11 is 0. The van der Waals surface area contributed by atoms with Crippen LogP contribution in [-0.4, -0.2) is 41.2 Å². The number of nitrogens with one attached hydrogen (secondary N) is 2. The van der Waals surface area contributed by atoms with Gasteiger partial charge in [-0.15, -0.1) is 24.0 Å². The van der Waals surface area contributed by atoms with Crippen LogP contribution in [0, 0.1) is 0 Å². The number of halogens is 1. The number of aromatic amines is 1. The van der Waals surface area contributed by atoms with Crippen molar-refractivity contribution >= 4 is 35.5 Å². The molecule has 2 N–H and O–H groups in total. The zero-order valence-corrected chi connectivity index (χ0v) is 15.5. The van der Waals surface area contributed by atoms with Gasteiger partial charge in [0.05, 0.1) is 12.2 Å². The SMILES string of the molecule is CN=C(NCc1ccn[nH]1)N1CC=C(c2ccccc2)CC1.I. The van der Waals surface area contributed by atoms with Gasteiger partial charge >= 0.3 is 0 Å². The van der Waals surface area contributed by atoms with E-state index in [0.29, 0.717) is 6.54 Å². The molecule has 0 amide bonds. The largest absolute Gasteiger partial charge is 0.351 e. The van der Waals surface area contributed by atoms with Gasteiger partial charge in [0.1, 0.15) is 0 Å². The van der Waals surface area contributed by atoms with Gasteiger partial charge in [-0.25, -0.2) is 0 Å². The van der Waals surface area contributed by atoms with Crippen LogP contribution in [-0.2, 0) is 6.54 Å². The maximum Gasteiger partial charge on any atom is 0.194 e. The highest BCUT2D eigenvalue weighted by molar-refractivity contribution is 14.0. The summed E-state index contributed by atoms with van der Waals surface area (Å²) < 4.78 is 0. The van der Waals surface area contributed by atoms with E-state index < -0.39 is 0 Å². The monoisotopic (exact) mass is 423 g/mol. The standard InChI is InChI=1S/C17H21N5.HI/c1-18-17(19-13-16-7-10-20-21-16)22-11-8-15(9-12-22)14-5-3-2-4-6-14;/h2-8,10H,9,11-13H2,1H3,(H,18,19)(H,20,21);1H. The molecule has 3 rings (SSSR count). The molecule has 122 valence electrons. The minimum Gasteiger partial charge on any atom is -0.351 e. The first-order chi connectivity index (χ1) is 10.9. The molecule has 5 nitrogen and oxygen atoms in total. The van der Waals surface area contributed by atoms with Crippen molar-refractivity contribution in [2.75, 3.05) is 20.1 Å². The molecular formula is C17H22IN5. The molecule has 0 saturated carbocycles. The quantitative estimate of drug-likeness (QED) is 0.454. The fraction of sp³-hybridized carbons (Fsp3) is 0.294. The van der Waals surface area contributed by atoms with Crippen LogP contribution in [0.1, 0.15) is 17.7 Å². The molecule has 2 heterocycles. The van der Waals surface area contributed by atoms with Crippen LogP contribution in [0.5, 0.6) is 0 Å². The molecule has 0 spiro atoms. The first-order valence-electron chi connectivity index (χ1n) is 7.55. The molecule has 1 aliphatic rings. The molecular weight excluding hydrogens is 401 g/mol. The van der Waals surface area contributed by atoms with E-state index in [4.69, 9.17) is 0 Å². The third-order valence-corrected chi connectivity index (χ3v) is 3.86. The molecule has 1 aromatic carbocycles. The lowest BCUT2D eigenvalue weighted by molar-refractivity contribution is 0.439. The normalized spacial score (nSPS) is 14.9. The van der Waals surface area contributed by atoms with Crippen LogP contribution >= 0.6 is 24.0 Å². The first-order valence-corrected chi connectivity index (χ1v) is 7.55. The Kier molecular flexibility index (Phi) is 6.64. The van der Waals surface area contributed by atoms with E-state index in [1.54, 1.807) is 6.20 Å². The van der Waals surface area contributed by atoms with Gasteiger partial charge < -0.3 is 10.2 Å². The number of H-pyrrole nitrogens is 1. The Morgan fingerprint density at radius 3 is 2.74 bits per heavy atom. The Labute approximate surface area is 153 Å². The average molecular weight is 423 g/mol. The predicted octanol–water partition coefficient (Wildman–Crippen LogP) is 2.89. The number of rotatable bonds is 3. The van der Waals surface area contributed by atoms with Gasteiger partial charge in [0.15, 0.2) is 5.96 Å². The summed E-state index contributed by atoms with van der Waals surface area (Å²) in [5.41, 5.74) is 3.79. The fourth-order valence-electron chi connectivity index (χ4n) is 2.67. The third kappa shape index (κ3) is 4.57. The van der Waals surface area contributed by atoms with Crippen molar-refractivity contribution in [2.45, 2.75) is 13.0 Å². The lowest BCUT2D eigenvalue weighted by atomic mass is 10.00. The number of aliphatic imine (C=N–C) groups is 1. The summed E-state index contributed by atoms with van der Waals surface area (Å²) in [6, 6.07) is 12.5. The van der Waals surface area contributed by atoms with E-state index >= 15 is 0 Å². The van der Waals surface area contributed by atoms with Gasteiger partial charge in [0, 0.05) is 26.3 Å². The highest BCUT2D eigenvalue weighted by Gasteiger charge is 2.15. The molecule has 1 aliphatic heterocycles. The zero-order valence-electron chi connectivity index (χ0n) is 13.2. The first kappa shape index (κ1) is 17.5. The van der Waals surface area contributed by atoms with E-state index in [1.165, 1.54) is 11.1 Å². The Hall–Kier alpha value is -1.83. The second-order valence-corrected chi connectivity index (χ2v) is 5.27. The van der Waals surface area contributed by atoms with Crippen LogP contribution in [0.25, 0.3) is 5.57 Å². The molecule has 23 heavy (non-hydrogen) atoms. The summed E-state index contributed by atoms with van der Waals surface area (Å²) in [6.45, 7) is 2.56. The zero-order chi connectivity index (χ0) is 15.2. The van der Waals surface area contributed by atoms with Crippen LogP contribution in [0.4, 0.5) is 0 Å². The number of nitrogens with zero attached hydrogens (tertiary/aromatic N) is 3. The summed E-state index contributed by atoms with van der Waals surface area (Å²) in [7, 11) is 1.83. The predicted molar refractivity (Wildman–Crippen MR) is 105 cm³/mol. The molecule has 0 bridgehead atoms. The summed E-state index contributed by atoms with van der Waals surface area (Å²) in [4.78, 5) is 6.64. The van der Waals surface area contributed by atoms with E-state index in [-0.39, 0.29) is 24.0 Å². The van der Waals surface area contributed by atoms with E-state index in [1.807, 2.05) is 13.1 Å². The van der Waals surface area contributed by atoms with Crippen molar-refractivity contribution in [2.24, 2.45) is 4.99 Å². The van der Waals surface area contributed by atoms with Crippen molar-refractivity contribution in [3.63, 3.8) is 0 Å². The second-order valence-electron chi connectivity index (χ2n) is 5.27. The Morgan fingerprint density at radius 2 is 2.13 bits per heavy atom. The van der Waals surface area contributed by atoms with E-state index in [2.05, 4.69) is 61.8 Å². The van der Waals surface area contributed by atoms with Gasteiger partial charge in [-0.2, -0.15) is 5.10 Å². The summed E-state index contributed by atoms with van der Waals surface area (Å²) in [6.07, 6.45) is 5.09.